The monoisotopic (exact) mass is 164 g/mol. The van der Waals surface area contributed by atoms with Gasteiger partial charge in [-0.25, -0.2) is 0 Å². The Kier molecular flexibility index (Phi) is 1.07. The van der Waals surface area contributed by atoms with Crippen LogP contribution in [0.15, 0.2) is 12.2 Å². The van der Waals surface area contributed by atoms with E-state index in [0.717, 1.165) is 18.3 Å². The second-order valence-corrected chi connectivity index (χ2v) is 4.37. The van der Waals surface area contributed by atoms with Gasteiger partial charge >= 0.3 is 5.97 Å². The van der Waals surface area contributed by atoms with Gasteiger partial charge in [0.25, 0.3) is 0 Å². The first kappa shape index (κ1) is 6.70. The fraction of sp³-hybridized carbons (Fsp3) is 0.700. The summed E-state index contributed by atoms with van der Waals surface area (Å²) in [7, 11) is 0. The van der Waals surface area contributed by atoms with Crippen molar-refractivity contribution in [2.75, 3.05) is 0 Å². The molecule has 5 unspecified atom stereocenters. The molecule has 0 saturated heterocycles. The molecule has 2 saturated carbocycles. The lowest BCUT2D eigenvalue weighted by Crippen LogP contribution is -2.43. The highest BCUT2D eigenvalue weighted by atomic mass is 16.4. The second kappa shape index (κ2) is 1.93. The van der Waals surface area contributed by atoms with Crippen molar-refractivity contribution in [1.29, 1.82) is 0 Å². The molecule has 3 aliphatic carbocycles. The van der Waals surface area contributed by atoms with Crippen molar-refractivity contribution >= 4 is 5.97 Å². The van der Waals surface area contributed by atoms with Crippen molar-refractivity contribution in [3.63, 3.8) is 0 Å². The highest BCUT2D eigenvalue weighted by molar-refractivity contribution is 5.72. The summed E-state index contributed by atoms with van der Waals surface area (Å²) >= 11 is 0. The summed E-state index contributed by atoms with van der Waals surface area (Å²) in [6.45, 7) is 0. The molecule has 1 N–H and O–H groups in total. The standard InChI is InChI=1S/C10H12O2/c11-10(12)8-4-7-5-1-2-6(3-5)9(7)8/h1-2,5-9H,3-4H2,(H,11,12). The molecule has 0 aromatic carbocycles. The van der Waals surface area contributed by atoms with Gasteiger partial charge in [0.05, 0.1) is 5.92 Å². The van der Waals surface area contributed by atoms with Crippen LogP contribution in [0.1, 0.15) is 12.8 Å². The number of carboxylic acids is 1. The van der Waals surface area contributed by atoms with E-state index in [4.69, 9.17) is 5.11 Å². The van der Waals surface area contributed by atoms with Crippen LogP contribution >= 0.6 is 0 Å². The SMILES string of the molecule is O=C(O)C1CC2C3C=CC(C3)C12. The van der Waals surface area contributed by atoms with Crippen molar-refractivity contribution in [3.8, 4) is 0 Å². The van der Waals surface area contributed by atoms with Crippen LogP contribution in [0.25, 0.3) is 0 Å². The van der Waals surface area contributed by atoms with Crippen molar-refractivity contribution < 1.29 is 9.90 Å². The molecule has 0 aromatic heterocycles. The molecule has 0 aromatic rings. The zero-order valence-electron chi connectivity index (χ0n) is 6.81. The molecule has 0 aliphatic heterocycles. The van der Waals surface area contributed by atoms with Crippen LogP contribution < -0.4 is 0 Å². The third-order valence-electron chi connectivity index (χ3n) is 4.00. The normalized spacial score (nSPS) is 53.5. The largest absolute Gasteiger partial charge is 0.481 e. The topological polar surface area (TPSA) is 37.3 Å². The number of carbonyl (C=O) groups is 1. The molecule has 2 nitrogen and oxygen atoms in total. The number of allylic oxidation sites excluding steroid dienone is 2. The van der Waals surface area contributed by atoms with E-state index in [0.29, 0.717) is 11.8 Å². The fourth-order valence-corrected chi connectivity index (χ4v) is 3.41. The minimum atomic E-state index is -0.572. The zero-order chi connectivity index (χ0) is 8.29. The number of carboxylic acid groups (broad SMARTS) is 1. The summed E-state index contributed by atoms with van der Waals surface area (Å²) in [6.07, 6.45) is 6.70. The number of fused-ring (bicyclic) bond motifs is 5. The molecule has 2 bridgehead atoms. The molecule has 12 heavy (non-hydrogen) atoms. The van der Waals surface area contributed by atoms with Gasteiger partial charge in [0.15, 0.2) is 0 Å². The first-order valence-corrected chi connectivity index (χ1v) is 4.68. The third kappa shape index (κ3) is 0.598. The van der Waals surface area contributed by atoms with E-state index < -0.39 is 5.97 Å². The molecule has 2 heteroatoms. The quantitative estimate of drug-likeness (QED) is 0.597. The molecule has 0 radical (unpaired) electrons. The van der Waals surface area contributed by atoms with Gasteiger partial charge in [-0.3, -0.25) is 4.79 Å². The maximum atomic E-state index is 10.8. The first-order valence-electron chi connectivity index (χ1n) is 4.68. The van der Waals surface area contributed by atoms with Crippen LogP contribution in [0.2, 0.25) is 0 Å². The van der Waals surface area contributed by atoms with Crippen LogP contribution in [0.5, 0.6) is 0 Å². The van der Waals surface area contributed by atoms with E-state index >= 15 is 0 Å². The van der Waals surface area contributed by atoms with Crippen molar-refractivity contribution in [1.82, 2.24) is 0 Å². The zero-order valence-corrected chi connectivity index (χ0v) is 6.81. The summed E-state index contributed by atoms with van der Waals surface area (Å²) in [5.74, 6) is 1.97. The maximum absolute atomic E-state index is 10.8. The van der Waals surface area contributed by atoms with E-state index in [1.807, 2.05) is 0 Å². The Morgan fingerprint density at radius 1 is 1.25 bits per heavy atom. The summed E-state index contributed by atoms with van der Waals surface area (Å²) in [5, 5.41) is 8.88. The maximum Gasteiger partial charge on any atom is 0.306 e. The molecule has 5 atom stereocenters. The lowest BCUT2D eigenvalue weighted by atomic mass is 9.60. The Bertz CT molecular complexity index is 269. The minimum absolute atomic E-state index is 0.0186. The Morgan fingerprint density at radius 3 is 2.67 bits per heavy atom. The van der Waals surface area contributed by atoms with Crippen molar-refractivity contribution in [2.24, 2.45) is 29.6 Å². The Balaban J connectivity index is 1.87. The molecule has 2 fully saturated rings. The molecule has 3 rings (SSSR count). The predicted molar refractivity (Wildman–Crippen MR) is 43.5 cm³/mol. The van der Waals surface area contributed by atoms with Gasteiger partial charge in [-0.1, -0.05) is 12.2 Å². The number of rotatable bonds is 1. The lowest BCUT2D eigenvalue weighted by Gasteiger charge is -2.43. The molecule has 0 spiro atoms. The predicted octanol–water partition coefficient (Wildman–Crippen LogP) is 1.53. The molecule has 3 aliphatic rings. The highest BCUT2D eigenvalue weighted by Crippen LogP contribution is 2.60. The van der Waals surface area contributed by atoms with Gasteiger partial charge in [0, 0.05) is 0 Å². The van der Waals surface area contributed by atoms with Gasteiger partial charge in [-0.2, -0.15) is 0 Å². The number of hydrogen-bond donors (Lipinski definition) is 1. The lowest BCUT2D eigenvalue weighted by molar-refractivity contribution is -0.151. The number of hydrogen-bond acceptors (Lipinski definition) is 1. The Hall–Kier alpha value is -0.790. The highest BCUT2D eigenvalue weighted by Gasteiger charge is 2.57. The van der Waals surface area contributed by atoms with Crippen LogP contribution in [-0.2, 0) is 4.79 Å². The summed E-state index contributed by atoms with van der Waals surface area (Å²) in [4.78, 5) is 10.8. The van der Waals surface area contributed by atoms with Gasteiger partial charge in [-0.05, 0) is 36.5 Å². The summed E-state index contributed by atoms with van der Waals surface area (Å²) in [6, 6.07) is 0. The third-order valence-corrected chi connectivity index (χ3v) is 4.00. The van der Waals surface area contributed by atoms with Gasteiger partial charge < -0.3 is 5.11 Å². The summed E-state index contributed by atoms with van der Waals surface area (Å²) in [5.41, 5.74) is 0. The van der Waals surface area contributed by atoms with Crippen molar-refractivity contribution in [2.45, 2.75) is 12.8 Å². The Labute approximate surface area is 71.3 Å². The van der Waals surface area contributed by atoms with E-state index in [9.17, 15) is 4.79 Å². The minimum Gasteiger partial charge on any atom is -0.481 e. The van der Waals surface area contributed by atoms with E-state index in [2.05, 4.69) is 12.2 Å². The van der Waals surface area contributed by atoms with Gasteiger partial charge in [0.2, 0.25) is 0 Å². The average Bonchev–Trinajstić information content (AvgIpc) is 2.40. The first-order chi connectivity index (χ1) is 5.77. The van der Waals surface area contributed by atoms with Crippen LogP contribution in [-0.4, -0.2) is 11.1 Å². The molecule has 0 amide bonds. The smallest absolute Gasteiger partial charge is 0.306 e. The van der Waals surface area contributed by atoms with Gasteiger partial charge in [-0.15, -0.1) is 0 Å². The van der Waals surface area contributed by atoms with E-state index in [1.165, 1.54) is 6.42 Å². The fourth-order valence-electron chi connectivity index (χ4n) is 3.41. The van der Waals surface area contributed by atoms with Crippen molar-refractivity contribution in [3.05, 3.63) is 12.2 Å². The molecule has 64 valence electrons. The van der Waals surface area contributed by atoms with Crippen LogP contribution in [0.4, 0.5) is 0 Å². The molecular formula is C10H12O2. The number of aliphatic carboxylic acids is 1. The van der Waals surface area contributed by atoms with Crippen LogP contribution in [0.3, 0.4) is 0 Å². The summed E-state index contributed by atoms with van der Waals surface area (Å²) < 4.78 is 0. The molecule has 0 heterocycles. The van der Waals surface area contributed by atoms with E-state index in [-0.39, 0.29) is 5.92 Å². The Morgan fingerprint density at radius 2 is 2.00 bits per heavy atom. The average molecular weight is 164 g/mol. The van der Waals surface area contributed by atoms with E-state index in [1.54, 1.807) is 0 Å². The van der Waals surface area contributed by atoms with Crippen LogP contribution in [0, 0.1) is 29.6 Å². The van der Waals surface area contributed by atoms with Gasteiger partial charge in [0.1, 0.15) is 0 Å². The molecular weight excluding hydrogens is 152 g/mol. The second-order valence-electron chi connectivity index (χ2n) is 4.37.